The second-order valence-electron chi connectivity index (χ2n) is 6.38. The van der Waals surface area contributed by atoms with Gasteiger partial charge in [0, 0.05) is 15.6 Å². The summed E-state index contributed by atoms with van der Waals surface area (Å²) in [5, 5.41) is 2.42. The molecule has 0 bridgehead atoms. The summed E-state index contributed by atoms with van der Waals surface area (Å²) in [5.41, 5.74) is 2.60. The maximum Gasteiger partial charge on any atom is 0.272 e. The van der Waals surface area contributed by atoms with E-state index >= 15 is 0 Å². The van der Waals surface area contributed by atoms with E-state index in [1.807, 2.05) is 20.8 Å². The van der Waals surface area contributed by atoms with Crippen molar-refractivity contribution in [3.63, 3.8) is 0 Å². The second-order valence-corrected chi connectivity index (χ2v) is 7.66. The van der Waals surface area contributed by atoms with Gasteiger partial charge < -0.3 is 0 Å². The minimum atomic E-state index is -0.661. The van der Waals surface area contributed by atoms with Crippen LogP contribution in [0.1, 0.15) is 41.5 Å². The first-order valence-electron chi connectivity index (χ1n) is 7.46. The number of hydrogen-bond donors (Lipinski definition) is 1. The fraction of sp³-hybridized carbons (Fsp3) is 0.222. The molecule has 25 heavy (non-hydrogen) atoms. The molecule has 0 atom stereocenters. The van der Waals surface area contributed by atoms with E-state index in [-0.39, 0.29) is 16.5 Å². The first kappa shape index (κ1) is 19.6. The van der Waals surface area contributed by atoms with Crippen LogP contribution in [0.15, 0.2) is 42.5 Å². The Labute approximate surface area is 161 Å². The molecule has 2 amide bonds. The van der Waals surface area contributed by atoms with Crippen molar-refractivity contribution in [3.05, 3.63) is 68.7 Å². The number of rotatable bonds is 2. The highest BCUT2D eigenvalue weighted by Gasteiger charge is 2.30. The molecule has 0 unspecified atom stereocenters. The van der Waals surface area contributed by atoms with Crippen molar-refractivity contribution in [2.45, 2.75) is 26.3 Å². The largest absolute Gasteiger partial charge is 0.272 e. The van der Waals surface area contributed by atoms with Crippen LogP contribution in [0.5, 0.6) is 0 Å². The molecule has 0 fully saturated rings. The van der Waals surface area contributed by atoms with E-state index < -0.39 is 11.4 Å². The molecule has 0 heterocycles. The van der Waals surface area contributed by atoms with Gasteiger partial charge in [-0.1, -0.05) is 34.8 Å². The van der Waals surface area contributed by atoms with E-state index in [0.29, 0.717) is 15.6 Å². The summed E-state index contributed by atoms with van der Waals surface area (Å²) in [6.45, 7) is 5.43. The highest BCUT2D eigenvalue weighted by molar-refractivity contribution is 6.36. The van der Waals surface area contributed by atoms with Gasteiger partial charge in [-0.05, 0) is 63.2 Å². The Bertz CT molecular complexity index is 799. The molecule has 0 saturated heterocycles. The average Bonchev–Trinajstić information content (AvgIpc) is 2.51. The fourth-order valence-corrected chi connectivity index (χ4v) is 2.70. The third-order valence-corrected chi connectivity index (χ3v) is 4.15. The van der Waals surface area contributed by atoms with Crippen LogP contribution in [0, 0.1) is 0 Å². The van der Waals surface area contributed by atoms with Crippen LogP contribution in [0.2, 0.25) is 15.1 Å². The van der Waals surface area contributed by atoms with Crippen molar-refractivity contribution < 1.29 is 9.59 Å². The zero-order valence-corrected chi connectivity index (χ0v) is 16.2. The Morgan fingerprint density at radius 3 is 2.00 bits per heavy atom. The number of hydrogen-bond acceptors (Lipinski definition) is 2. The van der Waals surface area contributed by atoms with E-state index in [1.165, 1.54) is 17.1 Å². The third kappa shape index (κ3) is 4.88. The Morgan fingerprint density at radius 2 is 1.48 bits per heavy atom. The predicted molar refractivity (Wildman–Crippen MR) is 101 cm³/mol. The molecule has 0 aromatic heterocycles. The van der Waals surface area contributed by atoms with E-state index in [2.05, 4.69) is 5.43 Å². The molecule has 0 radical (unpaired) electrons. The van der Waals surface area contributed by atoms with Gasteiger partial charge in [0.05, 0.1) is 16.1 Å². The summed E-state index contributed by atoms with van der Waals surface area (Å²) < 4.78 is 0. The number of carbonyl (C=O) groups excluding carboxylic acids is 2. The van der Waals surface area contributed by atoms with Crippen LogP contribution in [0.4, 0.5) is 0 Å². The Balaban J connectivity index is 2.30. The Morgan fingerprint density at radius 1 is 0.920 bits per heavy atom. The van der Waals surface area contributed by atoms with Crippen molar-refractivity contribution in [3.8, 4) is 0 Å². The lowest BCUT2D eigenvalue weighted by Gasteiger charge is -2.35. The maximum absolute atomic E-state index is 12.8. The summed E-state index contributed by atoms with van der Waals surface area (Å²) >= 11 is 17.8. The molecule has 0 aliphatic carbocycles. The van der Waals surface area contributed by atoms with Crippen LogP contribution in [0.3, 0.4) is 0 Å². The summed E-state index contributed by atoms with van der Waals surface area (Å²) in [6.07, 6.45) is 0. The van der Waals surface area contributed by atoms with Gasteiger partial charge in [0.25, 0.3) is 11.8 Å². The molecule has 2 aromatic carbocycles. The highest BCUT2D eigenvalue weighted by atomic mass is 35.5. The van der Waals surface area contributed by atoms with Gasteiger partial charge in [-0.2, -0.15) is 0 Å². The molecule has 0 spiro atoms. The molecule has 2 rings (SSSR count). The van der Waals surface area contributed by atoms with Gasteiger partial charge in [-0.3, -0.25) is 15.0 Å². The molecule has 0 aliphatic rings. The molecular formula is C18H17Cl3N2O2. The number of amides is 2. The average molecular weight is 400 g/mol. The van der Waals surface area contributed by atoms with Crippen LogP contribution in [-0.4, -0.2) is 22.4 Å². The number of benzene rings is 2. The first-order valence-corrected chi connectivity index (χ1v) is 8.59. The number of nitrogens with zero attached hydrogens (tertiary/aromatic N) is 1. The lowest BCUT2D eigenvalue weighted by atomic mass is 10.1. The minimum absolute atomic E-state index is 0.206. The van der Waals surface area contributed by atoms with Crippen molar-refractivity contribution >= 4 is 46.6 Å². The number of nitrogens with one attached hydrogen (secondary N) is 1. The second kappa shape index (κ2) is 7.65. The predicted octanol–water partition coefficient (Wildman–Crippen LogP) is 5.23. The van der Waals surface area contributed by atoms with Gasteiger partial charge in [-0.15, -0.1) is 0 Å². The van der Waals surface area contributed by atoms with Crippen LogP contribution >= 0.6 is 34.8 Å². The maximum atomic E-state index is 12.8. The van der Waals surface area contributed by atoms with Gasteiger partial charge in [-0.25, -0.2) is 5.01 Å². The summed E-state index contributed by atoms with van der Waals surface area (Å²) in [7, 11) is 0. The van der Waals surface area contributed by atoms with E-state index in [9.17, 15) is 9.59 Å². The smallest absolute Gasteiger partial charge is 0.267 e. The van der Waals surface area contributed by atoms with Crippen LogP contribution in [0.25, 0.3) is 0 Å². The SMILES string of the molecule is CC(C)(C)N(NC(=O)c1ccc(Cl)cc1Cl)C(=O)c1ccc(Cl)cc1. The summed E-state index contributed by atoms with van der Waals surface area (Å²) in [4.78, 5) is 25.4. The third-order valence-electron chi connectivity index (χ3n) is 3.35. The van der Waals surface area contributed by atoms with Crippen LogP contribution in [-0.2, 0) is 0 Å². The zero-order valence-electron chi connectivity index (χ0n) is 13.9. The molecule has 1 N–H and O–H groups in total. The minimum Gasteiger partial charge on any atom is -0.267 e. The Kier molecular flexibility index (Phi) is 5.99. The standard InChI is InChI=1S/C18H17Cl3N2O2/c1-18(2,3)23(17(25)11-4-6-12(19)7-5-11)22-16(24)14-9-8-13(20)10-15(14)21/h4-10H,1-3H3,(H,22,24). The number of halogens is 3. The lowest BCUT2D eigenvalue weighted by molar-refractivity contribution is 0.0358. The first-order chi connectivity index (χ1) is 11.6. The van der Waals surface area contributed by atoms with E-state index in [4.69, 9.17) is 34.8 Å². The van der Waals surface area contributed by atoms with Crippen LogP contribution < -0.4 is 5.43 Å². The topological polar surface area (TPSA) is 49.4 Å². The molecule has 132 valence electrons. The van der Waals surface area contributed by atoms with E-state index in [0.717, 1.165) is 0 Å². The van der Waals surface area contributed by atoms with Gasteiger partial charge >= 0.3 is 0 Å². The summed E-state index contributed by atoms with van der Waals surface area (Å²) in [6, 6.07) is 11.0. The zero-order chi connectivity index (χ0) is 18.8. The van der Waals surface area contributed by atoms with E-state index in [1.54, 1.807) is 30.3 Å². The van der Waals surface area contributed by atoms with Gasteiger partial charge in [0.15, 0.2) is 0 Å². The Hall–Kier alpha value is -1.75. The summed E-state index contributed by atoms with van der Waals surface area (Å²) in [5.74, 6) is -0.860. The van der Waals surface area contributed by atoms with Crippen molar-refractivity contribution in [2.24, 2.45) is 0 Å². The normalized spacial score (nSPS) is 11.1. The molecule has 4 nitrogen and oxygen atoms in total. The van der Waals surface area contributed by atoms with Crippen molar-refractivity contribution in [1.29, 1.82) is 0 Å². The monoisotopic (exact) mass is 398 g/mol. The molecular weight excluding hydrogens is 383 g/mol. The quantitative estimate of drug-likeness (QED) is 0.703. The molecule has 0 aliphatic heterocycles. The van der Waals surface area contributed by atoms with Crippen molar-refractivity contribution in [2.75, 3.05) is 0 Å². The van der Waals surface area contributed by atoms with Gasteiger partial charge in [0.1, 0.15) is 0 Å². The van der Waals surface area contributed by atoms with Gasteiger partial charge in [0.2, 0.25) is 0 Å². The molecule has 0 saturated carbocycles. The number of carbonyl (C=O) groups is 2. The molecule has 7 heteroatoms. The molecule has 2 aromatic rings. The van der Waals surface area contributed by atoms with Crippen molar-refractivity contribution in [1.82, 2.24) is 10.4 Å². The lowest BCUT2D eigenvalue weighted by Crippen LogP contribution is -2.55. The highest BCUT2D eigenvalue weighted by Crippen LogP contribution is 2.22. The fourth-order valence-electron chi connectivity index (χ4n) is 2.08. The number of hydrazine groups is 1.